The third-order valence-electron chi connectivity index (χ3n) is 2.88. The first kappa shape index (κ1) is 12.3. The van der Waals surface area contributed by atoms with Gasteiger partial charge in [-0.2, -0.15) is 0 Å². The van der Waals surface area contributed by atoms with Crippen LogP contribution in [0.4, 0.5) is 5.00 Å². The van der Waals surface area contributed by atoms with Crippen LogP contribution in [-0.2, 0) is 0 Å². The van der Waals surface area contributed by atoms with Gasteiger partial charge in [0.2, 0.25) is 0 Å². The first-order chi connectivity index (χ1) is 8.16. The average molecular weight is 255 g/mol. The molecule has 1 fully saturated rings. The predicted octanol–water partition coefficient (Wildman–Crippen LogP) is 1.74. The fourth-order valence-electron chi connectivity index (χ4n) is 2.12. The van der Waals surface area contributed by atoms with E-state index in [1.165, 1.54) is 24.2 Å². The number of carboxylic acid groups (broad SMARTS) is 1. The van der Waals surface area contributed by atoms with Crippen molar-refractivity contribution in [2.24, 2.45) is 0 Å². The molecule has 1 aromatic heterocycles. The van der Waals surface area contributed by atoms with Gasteiger partial charge < -0.3 is 15.3 Å². The Morgan fingerprint density at radius 2 is 2.35 bits per heavy atom. The lowest BCUT2D eigenvalue weighted by Crippen LogP contribution is -2.33. The summed E-state index contributed by atoms with van der Waals surface area (Å²) in [6, 6.07) is 0.242. The molecular formula is C11H17N3O2S. The van der Waals surface area contributed by atoms with Gasteiger partial charge in [0.15, 0.2) is 5.69 Å². The standard InChI is InChI=1S/C11H17N3O2S/c1-8(6-14-4-2-3-5-14)13-10-9(11(15)16)12-7-17-10/h7-8,13H,2-6H2,1H3,(H,15,16). The number of hydrogen-bond donors (Lipinski definition) is 2. The molecule has 0 bridgehead atoms. The summed E-state index contributed by atoms with van der Waals surface area (Å²) in [6.45, 7) is 5.33. The minimum absolute atomic E-state index is 0.128. The molecule has 17 heavy (non-hydrogen) atoms. The summed E-state index contributed by atoms with van der Waals surface area (Å²) in [5.74, 6) is -0.970. The molecule has 0 radical (unpaired) electrons. The second-order valence-electron chi connectivity index (χ2n) is 4.39. The molecule has 0 spiro atoms. The lowest BCUT2D eigenvalue weighted by molar-refractivity contribution is 0.0692. The quantitative estimate of drug-likeness (QED) is 0.839. The summed E-state index contributed by atoms with van der Waals surface area (Å²) >= 11 is 1.34. The van der Waals surface area contributed by atoms with Crippen molar-refractivity contribution in [3.63, 3.8) is 0 Å². The molecule has 6 heteroatoms. The average Bonchev–Trinajstić information content (AvgIpc) is 2.88. The molecule has 1 aliphatic rings. The molecule has 2 heterocycles. The fourth-order valence-corrected chi connectivity index (χ4v) is 2.91. The zero-order valence-corrected chi connectivity index (χ0v) is 10.7. The van der Waals surface area contributed by atoms with E-state index in [-0.39, 0.29) is 11.7 Å². The van der Waals surface area contributed by atoms with E-state index < -0.39 is 5.97 Å². The number of nitrogens with zero attached hydrogens (tertiary/aromatic N) is 2. The van der Waals surface area contributed by atoms with Gasteiger partial charge in [-0.1, -0.05) is 0 Å². The second-order valence-corrected chi connectivity index (χ2v) is 5.24. The van der Waals surface area contributed by atoms with Crippen LogP contribution in [0.25, 0.3) is 0 Å². The van der Waals surface area contributed by atoms with E-state index in [0.717, 1.165) is 19.6 Å². The third kappa shape index (κ3) is 3.17. The Kier molecular flexibility index (Phi) is 3.96. The van der Waals surface area contributed by atoms with Crippen molar-refractivity contribution in [1.29, 1.82) is 0 Å². The number of aromatic carboxylic acids is 1. The number of aromatic nitrogens is 1. The summed E-state index contributed by atoms with van der Waals surface area (Å²) in [4.78, 5) is 17.1. The Labute approximate surface area is 104 Å². The number of anilines is 1. The summed E-state index contributed by atoms with van der Waals surface area (Å²) in [6.07, 6.45) is 2.54. The van der Waals surface area contributed by atoms with Crippen LogP contribution in [0.15, 0.2) is 5.51 Å². The molecule has 0 aliphatic carbocycles. The van der Waals surface area contributed by atoms with Gasteiger partial charge in [-0.05, 0) is 32.9 Å². The Morgan fingerprint density at radius 1 is 1.65 bits per heavy atom. The third-order valence-corrected chi connectivity index (χ3v) is 3.64. The molecule has 1 atom stereocenters. The maximum Gasteiger partial charge on any atom is 0.357 e. The van der Waals surface area contributed by atoms with Gasteiger partial charge in [-0.15, -0.1) is 11.3 Å². The van der Waals surface area contributed by atoms with Crippen LogP contribution >= 0.6 is 11.3 Å². The van der Waals surface area contributed by atoms with E-state index in [1.54, 1.807) is 5.51 Å². The highest BCUT2D eigenvalue weighted by molar-refractivity contribution is 7.14. The molecule has 2 N–H and O–H groups in total. The minimum atomic E-state index is -0.970. The first-order valence-electron chi connectivity index (χ1n) is 5.82. The van der Waals surface area contributed by atoms with E-state index in [2.05, 4.69) is 22.1 Å². The molecule has 5 nitrogen and oxygen atoms in total. The van der Waals surface area contributed by atoms with Gasteiger partial charge in [0, 0.05) is 12.6 Å². The number of hydrogen-bond acceptors (Lipinski definition) is 5. The zero-order valence-electron chi connectivity index (χ0n) is 9.85. The smallest absolute Gasteiger partial charge is 0.357 e. The highest BCUT2D eigenvalue weighted by Gasteiger charge is 2.18. The number of carbonyl (C=O) groups is 1. The Morgan fingerprint density at radius 3 is 3.00 bits per heavy atom. The Bertz CT molecular complexity index is 388. The number of rotatable bonds is 5. The van der Waals surface area contributed by atoms with E-state index in [4.69, 9.17) is 5.11 Å². The van der Waals surface area contributed by atoms with Crippen molar-refractivity contribution in [3.8, 4) is 0 Å². The van der Waals surface area contributed by atoms with Crippen molar-refractivity contribution >= 4 is 22.3 Å². The summed E-state index contributed by atoms with van der Waals surface area (Å²) < 4.78 is 0. The lowest BCUT2D eigenvalue weighted by atomic mass is 10.3. The van der Waals surface area contributed by atoms with Gasteiger partial charge >= 0.3 is 5.97 Å². The van der Waals surface area contributed by atoms with Gasteiger partial charge in [-0.25, -0.2) is 9.78 Å². The summed E-state index contributed by atoms with van der Waals surface area (Å²) in [5, 5.41) is 12.8. The van der Waals surface area contributed by atoms with Crippen LogP contribution in [0.1, 0.15) is 30.3 Å². The van der Waals surface area contributed by atoms with E-state index in [1.807, 2.05) is 0 Å². The van der Waals surface area contributed by atoms with Crippen LogP contribution in [0.3, 0.4) is 0 Å². The van der Waals surface area contributed by atoms with Crippen LogP contribution in [-0.4, -0.2) is 46.6 Å². The normalized spacial score (nSPS) is 18.2. The minimum Gasteiger partial charge on any atom is -0.476 e. The SMILES string of the molecule is CC(CN1CCCC1)Nc1scnc1C(=O)O. The van der Waals surface area contributed by atoms with Crippen molar-refractivity contribution < 1.29 is 9.90 Å². The largest absolute Gasteiger partial charge is 0.476 e. The van der Waals surface area contributed by atoms with E-state index in [0.29, 0.717) is 5.00 Å². The summed E-state index contributed by atoms with van der Waals surface area (Å²) in [5.41, 5.74) is 1.69. The van der Waals surface area contributed by atoms with Crippen molar-refractivity contribution in [2.45, 2.75) is 25.8 Å². The topological polar surface area (TPSA) is 65.5 Å². The molecule has 0 amide bonds. The molecule has 0 aromatic carbocycles. The molecular weight excluding hydrogens is 238 g/mol. The maximum absolute atomic E-state index is 10.9. The molecule has 1 saturated heterocycles. The molecule has 94 valence electrons. The number of likely N-dealkylation sites (tertiary alicyclic amines) is 1. The molecule has 2 rings (SSSR count). The first-order valence-corrected chi connectivity index (χ1v) is 6.70. The zero-order chi connectivity index (χ0) is 12.3. The van der Waals surface area contributed by atoms with Gasteiger partial charge in [0.25, 0.3) is 0 Å². The maximum atomic E-state index is 10.9. The Balaban J connectivity index is 1.90. The molecule has 0 saturated carbocycles. The van der Waals surface area contributed by atoms with Crippen molar-refractivity contribution in [1.82, 2.24) is 9.88 Å². The highest BCUT2D eigenvalue weighted by atomic mass is 32.1. The van der Waals surface area contributed by atoms with Crippen LogP contribution in [0.5, 0.6) is 0 Å². The number of carboxylic acids is 1. The van der Waals surface area contributed by atoms with Crippen LogP contribution in [0, 0.1) is 0 Å². The second kappa shape index (κ2) is 5.46. The Hall–Kier alpha value is -1.14. The van der Waals surface area contributed by atoms with E-state index in [9.17, 15) is 4.79 Å². The summed E-state index contributed by atoms with van der Waals surface area (Å²) in [7, 11) is 0. The van der Waals surface area contributed by atoms with E-state index >= 15 is 0 Å². The van der Waals surface area contributed by atoms with Gasteiger partial charge in [0.05, 0.1) is 5.51 Å². The molecule has 1 aliphatic heterocycles. The lowest BCUT2D eigenvalue weighted by Gasteiger charge is -2.21. The van der Waals surface area contributed by atoms with Crippen LogP contribution < -0.4 is 5.32 Å². The predicted molar refractivity (Wildman–Crippen MR) is 67.8 cm³/mol. The van der Waals surface area contributed by atoms with Gasteiger partial charge in [-0.3, -0.25) is 0 Å². The molecule has 1 unspecified atom stereocenters. The van der Waals surface area contributed by atoms with Gasteiger partial charge in [0.1, 0.15) is 5.00 Å². The number of thiazole rings is 1. The fraction of sp³-hybridized carbons (Fsp3) is 0.636. The van der Waals surface area contributed by atoms with Crippen LogP contribution in [0.2, 0.25) is 0 Å². The highest BCUT2D eigenvalue weighted by Crippen LogP contribution is 2.21. The van der Waals surface area contributed by atoms with Crippen molar-refractivity contribution in [2.75, 3.05) is 25.0 Å². The van der Waals surface area contributed by atoms with Crippen molar-refractivity contribution in [3.05, 3.63) is 11.2 Å². The monoisotopic (exact) mass is 255 g/mol. The number of nitrogens with one attached hydrogen (secondary N) is 1. The molecule has 1 aromatic rings.